The van der Waals surface area contributed by atoms with Crippen LogP contribution in [0.5, 0.6) is 0 Å². The van der Waals surface area contributed by atoms with Gasteiger partial charge in [0.2, 0.25) is 0 Å². The number of carbonyl (C=O) groups is 2. The molecule has 7 nitrogen and oxygen atoms in total. The minimum atomic E-state index is -0.531. The lowest BCUT2D eigenvalue weighted by Gasteiger charge is -2.33. The Hall–Kier alpha value is -3.39. The second kappa shape index (κ2) is 8.77. The van der Waals surface area contributed by atoms with Gasteiger partial charge >= 0.3 is 5.97 Å². The summed E-state index contributed by atoms with van der Waals surface area (Å²) in [4.78, 5) is 31.2. The molecule has 0 bridgehead atoms. The Labute approximate surface area is 179 Å². The van der Waals surface area contributed by atoms with Gasteiger partial charge in [0.1, 0.15) is 11.5 Å². The summed E-state index contributed by atoms with van der Waals surface area (Å²) in [6.07, 6.45) is 0. The van der Waals surface area contributed by atoms with Gasteiger partial charge in [-0.15, -0.1) is 0 Å². The molecule has 1 amide bonds. The number of carbonyl (C=O) groups excluding carboxylic acids is 2. The van der Waals surface area contributed by atoms with E-state index in [-0.39, 0.29) is 24.0 Å². The number of aromatic amines is 1. The summed E-state index contributed by atoms with van der Waals surface area (Å²) in [5, 5.41) is 3.72. The number of aromatic nitrogens is 1. The Morgan fingerprint density at radius 3 is 2.61 bits per heavy atom. The summed E-state index contributed by atoms with van der Waals surface area (Å²) < 4.78 is 18.9. The maximum atomic E-state index is 14.0. The number of aryl methyl sites for hydroxylation is 1. The zero-order chi connectivity index (χ0) is 22.0. The highest BCUT2D eigenvalue weighted by Gasteiger charge is 2.26. The fourth-order valence-corrected chi connectivity index (χ4v) is 4.17. The van der Waals surface area contributed by atoms with Gasteiger partial charge in [-0.3, -0.25) is 4.79 Å². The highest BCUT2D eigenvalue weighted by molar-refractivity contribution is 6.12. The maximum Gasteiger partial charge on any atom is 0.356 e. The number of esters is 1. The second-order valence-electron chi connectivity index (χ2n) is 7.78. The summed E-state index contributed by atoms with van der Waals surface area (Å²) in [5.74, 6) is -0.936. The molecule has 1 aliphatic heterocycles. The Morgan fingerprint density at radius 2 is 1.90 bits per heavy atom. The van der Waals surface area contributed by atoms with Crippen molar-refractivity contribution in [1.82, 2.24) is 4.98 Å². The van der Waals surface area contributed by atoms with E-state index in [1.54, 1.807) is 12.1 Å². The zero-order valence-electron chi connectivity index (χ0n) is 17.6. The van der Waals surface area contributed by atoms with E-state index in [1.807, 2.05) is 36.1 Å². The standard InChI is InChI=1S/C23H25FN4O3/c1-15-6-5-8-17-20(15)21(22(25-17)23(30)31-2)26-19(29)14-27-10-12-28(13-11-27)18-9-4-3-7-16(18)24/h3-9,25H,10-14H2,1-2H3,(H,26,29)/p+1. The van der Waals surface area contributed by atoms with Gasteiger partial charge < -0.3 is 24.8 Å². The van der Waals surface area contributed by atoms with Gasteiger partial charge in [-0.1, -0.05) is 24.3 Å². The van der Waals surface area contributed by atoms with Crippen molar-refractivity contribution in [3.63, 3.8) is 0 Å². The van der Waals surface area contributed by atoms with Gasteiger partial charge in [0, 0.05) is 10.9 Å². The van der Waals surface area contributed by atoms with Crippen molar-refractivity contribution < 1.29 is 23.6 Å². The number of hydrogen-bond acceptors (Lipinski definition) is 4. The fraction of sp³-hybridized carbons (Fsp3) is 0.304. The first-order chi connectivity index (χ1) is 15.0. The molecule has 1 saturated heterocycles. The summed E-state index contributed by atoms with van der Waals surface area (Å²) in [5.41, 5.74) is 3.00. The van der Waals surface area contributed by atoms with E-state index in [9.17, 15) is 14.0 Å². The van der Waals surface area contributed by atoms with Crippen LogP contribution < -0.4 is 15.1 Å². The van der Waals surface area contributed by atoms with Crippen molar-refractivity contribution in [1.29, 1.82) is 0 Å². The molecule has 1 aromatic heterocycles. The first-order valence-electron chi connectivity index (χ1n) is 10.3. The summed E-state index contributed by atoms with van der Waals surface area (Å²) in [6, 6.07) is 12.4. The van der Waals surface area contributed by atoms with Crippen molar-refractivity contribution in [2.75, 3.05) is 50.1 Å². The number of fused-ring (bicyclic) bond motifs is 1. The minimum absolute atomic E-state index is 0.177. The molecule has 3 N–H and O–H groups in total. The zero-order valence-corrected chi connectivity index (χ0v) is 17.6. The molecule has 31 heavy (non-hydrogen) atoms. The number of piperazine rings is 1. The molecule has 162 valence electrons. The molecular formula is C23H26FN4O3+. The first-order valence-corrected chi connectivity index (χ1v) is 10.3. The Bertz CT molecular complexity index is 1120. The van der Waals surface area contributed by atoms with Gasteiger partial charge in [-0.05, 0) is 30.7 Å². The molecule has 0 spiro atoms. The van der Waals surface area contributed by atoms with Gasteiger partial charge in [0.25, 0.3) is 5.91 Å². The molecule has 1 aliphatic rings. The van der Waals surface area contributed by atoms with Crippen LogP contribution >= 0.6 is 0 Å². The van der Waals surface area contributed by atoms with E-state index in [4.69, 9.17) is 4.74 Å². The van der Waals surface area contributed by atoms with Crippen LogP contribution in [0, 0.1) is 12.7 Å². The molecule has 0 radical (unpaired) electrons. The summed E-state index contributed by atoms with van der Waals surface area (Å²) in [7, 11) is 1.31. The molecule has 0 aliphatic carbocycles. The molecule has 0 atom stereocenters. The highest BCUT2D eigenvalue weighted by atomic mass is 19.1. The molecule has 0 unspecified atom stereocenters. The van der Waals surface area contributed by atoms with E-state index in [0.29, 0.717) is 24.5 Å². The lowest BCUT2D eigenvalue weighted by atomic mass is 10.1. The van der Waals surface area contributed by atoms with Crippen molar-refractivity contribution in [3.8, 4) is 0 Å². The monoisotopic (exact) mass is 425 g/mol. The Morgan fingerprint density at radius 1 is 1.16 bits per heavy atom. The largest absolute Gasteiger partial charge is 0.464 e. The van der Waals surface area contributed by atoms with Crippen LogP contribution in [0.4, 0.5) is 15.8 Å². The first kappa shape index (κ1) is 20.9. The number of rotatable bonds is 5. The number of ether oxygens (including phenoxy) is 1. The quantitative estimate of drug-likeness (QED) is 0.545. The van der Waals surface area contributed by atoms with Crippen molar-refractivity contribution >= 4 is 34.2 Å². The lowest BCUT2D eigenvalue weighted by Crippen LogP contribution is -3.15. The van der Waals surface area contributed by atoms with E-state index in [2.05, 4.69) is 10.3 Å². The SMILES string of the molecule is COC(=O)c1[nH]c2cccc(C)c2c1NC(=O)C[NH+]1CCN(c2ccccc2F)CC1. The Kier molecular flexibility index (Phi) is 5.90. The molecule has 1 fully saturated rings. The number of H-pyrrole nitrogens is 1. The van der Waals surface area contributed by atoms with Gasteiger partial charge in [-0.25, -0.2) is 9.18 Å². The number of para-hydroxylation sites is 1. The summed E-state index contributed by atoms with van der Waals surface area (Å²) in [6.45, 7) is 4.98. The smallest absolute Gasteiger partial charge is 0.356 e. The predicted molar refractivity (Wildman–Crippen MR) is 117 cm³/mol. The normalized spacial score (nSPS) is 14.6. The van der Waals surface area contributed by atoms with Crippen molar-refractivity contribution in [2.45, 2.75) is 6.92 Å². The van der Waals surface area contributed by atoms with Crippen LogP contribution in [0.15, 0.2) is 42.5 Å². The molecular weight excluding hydrogens is 399 g/mol. The lowest BCUT2D eigenvalue weighted by molar-refractivity contribution is -0.892. The molecule has 4 rings (SSSR count). The van der Waals surface area contributed by atoms with Gasteiger partial charge in [0.15, 0.2) is 6.54 Å². The number of halogens is 1. The van der Waals surface area contributed by atoms with Gasteiger partial charge in [-0.2, -0.15) is 0 Å². The molecule has 0 saturated carbocycles. The van der Waals surface area contributed by atoms with Crippen molar-refractivity contribution in [2.24, 2.45) is 0 Å². The third kappa shape index (κ3) is 4.25. The number of nitrogens with zero attached hydrogens (tertiary/aromatic N) is 1. The number of quaternary nitrogens is 1. The average Bonchev–Trinajstić information content (AvgIpc) is 3.13. The molecule has 8 heteroatoms. The maximum absolute atomic E-state index is 14.0. The number of anilines is 2. The van der Waals surface area contributed by atoms with E-state index in [1.165, 1.54) is 13.2 Å². The van der Waals surface area contributed by atoms with E-state index < -0.39 is 5.97 Å². The average molecular weight is 425 g/mol. The third-order valence-electron chi connectivity index (χ3n) is 5.76. The molecule has 2 heterocycles. The number of amides is 1. The van der Waals surface area contributed by atoms with Crippen LogP contribution in [0.1, 0.15) is 16.1 Å². The number of methoxy groups -OCH3 is 1. The fourth-order valence-electron chi connectivity index (χ4n) is 4.17. The topological polar surface area (TPSA) is 78.9 Å². The minimum Gasteiger partial charge on any atom is -0.464 e. The summed E-state index contributed by atoms with van der Waals surface area (Å²) >= 11 is 0. The Balaban J connectivity index is 1.45. The highest BCUT2D eigenvalue weighted by Crippen LogP contribution is 2.31. The van der Waals surface area contributed by atoms with Crippen LogP contribution in [0.25, 0.3) is 10.9 Å². The number of nitrogens with one attached hydrogen (secondary N) is 3. The van der Waals surface area contributed by atoms with Crippen LogP contribution in [-0.4, -0.2) is 56.7 Å². The molecule has 3 aromatic rings. The number of benzene rings is 2. The van der Waals surface area contributed by atoms with E-state index in [0.717, 1.165) is 34.5 Å². The number of hydrogen-bond donors (Lipinski definition) is 3. The van der Waals surface area contributed by atoms with Crippen LogP contribution in [0.3, 0.4) is 0 Å². The second-order valence-corrected chi connectivity index (χ2v) is 7.78. The predicted octanol–water partition coefficient (Wildman–Crippen LogP) is 1.75. The molecule has 2 aromatic carbocycles. The van der Waals surface area contributed by atoms with Gasteiger partial charge in [0.05, 0.1) is 44.7 Å². The third-order valence-corrected chi connectivity index (χ3v) is 5.76. The van der Waals surface area contributed by atoms with Crippen molar-refractivity contribution in [3.05, 3.63) is 59.5 Å². The van der Waals surface area contributed by atoms with Crippen LogP contribution in [-0.2, 0) is 9.53 Å². The van der Waals surface area contributed by atoms with Crippen LogP contribution in [0.2, 0.25) is 0 Å². The van der Waals surface area contributed by atoms with E-state index >= 15 is 0 Å².